The van der Waals surface area contributed by atoms with Gasteiger partial charge in [0.2, 0.25) is 0 Å². The lowest BCUT2D eigenvalue weighted by molar-refractivity contribution is 0.0169. The van der Waals surface area contributed by atoms with E-state index >= 15 is 0 Å². The second-order valence-electron chi connectivity index (χ2n) is 7.98. The number of benzene rings is 1. The van der Waals surface area contributed by atoms with E-state index in [0.717, 1.165) is 50.0 Å². The van der Waals surface area contributed by atoms with Gasteiger partial charge in [-0.2, -0.15) is 0 Å². The van der Waals surface area contributed by atoms with Gasteiger partial charge < -0.3 is 4.74 Å². The van der Waals surface area contributed by atoms with Gasteiger partial charge in [-0.05, 0) is 74.0 Å². The van der Waals surface area contributed by atoms with Gasteiger partial charge in [0.15, 0.2) is 0 Å². The molecule has 2 aliphatic carbocycles. The first kappa shape index (κ1) is 17.4. The van der Waals surface area contributed by atoms with Crippen LogP contribution in [0.2, 0.25) is 0 Å². The first-order valence-corrected chi connectivity index (χ1v) is 9.53. The molecule has 3 rings (SSSR count). The molecule has 132 valence electrons. The minimum absolute atomic E-state index is 0.0485. The second kappa shape index (κ2) is 7.67. The van der Waals surface area contributed by atoms with Crippen LogP contribution in [-0.2, 0) is 4.74 Å². The molecule has 3 heteroatoms. The normalized spacial score (nSPS) is 30.8. The highest BCUT2D eigenvalue weighted by Gasteiger charge is 2.25. The van der Waals surface area contributed by atoms with Crippen molar-refractivity contribution in [2.45, 2.75) is 77.2 Å². The monoisotopic (exact) mass is 332 g/mol. The molecular formula is C21H29FO2. The quantitative estimate of drug-likeness (QED) is 0.648. The van der Waals surface area contributed by atoms with Crippen LogP contribution in [0.3, 0.4) is 0 Å². The standard InChI is InChI=1S/C21H29FO2/c1-14-3-7-16(8-4-14)17-9-12-19(20(22)13-17)21(23)24-18-10-5-15(2)6-11-18/h9,12-16,18H,3-8,10-11H2,1-2H3. The van der Waals surface area contributed by atoms with E-state index in [2.05, 4.69) is 13.8 Å². The summed E-state index contributed by atoms with van der Waals surface area (Å²) in [5, 5.41) is 0. The van der Waals surface area contributed by atoms with Crippen molar-refractivity contribution in [3.05, 3.63) is 35.1 Å². The number of carbonyl (C=O) groups excluding carboxylic acids is 1. The molecule has 0 saturated heterocycles. The number of hydrogen-bond donors (Lipinski definition) is 0. The van der Waals surface area contributed by atoms with Gasteiger partial charge in [-0.1, -0.05) is 32.8 Å². The van der Waals surface area contributed by atoms with E-state index in [4.69, 9.17) is 4.74 Å². The van der Waals surface area contributed by atoms with Crippen LogP contribution in [0.5, 0.6) is 0 Å². The maximum Gasteiger partial charge on any atom is 0.341 e. The largest absolute Gasteiger partial charge is 0.459 e. The molecular weight excluding hydrogens is 303 g/mol. The lowest BCUT2D eigenvalue weighted by Crippen LogP contribution is -2.24. The van der Waals surface area contributed by atoms with E-state index in [1.807, 2.05) is 6.07 Å². The zero-order chi connectivity index (χ0) is 17.1. The van der Waals surface area contributed by atoms with E-state index in [9.17, 15) is 9.18 Å². The Morgan fingerprint density at radius 1 is 0.958 bits per heavy atom. The number of rotatable bonds is 3. The minimum atomic E-state index is -0.504. The molecule has 0 amide bonds. The van der Waals surface area contributed by atoms with E-state index < -0.39 is 11.8 Å². The fourth-order valence-corrected chi connectivity index (χ4v) is 4.11. The smallest absolute Gasteiger partial charge is 0.341 e. The highest BCUT2D eigenvalue weighted by Crippen LogP contribution is 2.36. The van der Waals surface area contributed by atoms with Gasteiger partial charge in [0.05, 0.1) is 5.56 Å². The summed E-state index contributed by atoms with van der Waals surface area (Å²) in [6, 6.07) is 5.10. The summed E-state index contributed by atoms with van der Waals surface area (Å²) >= 11 is 0. The fraction of sp³-hybridized carbons (Fsp3) is 0.667. The summed E-state index contributed by atoms with van der Waals surface area (Å²) in [7, 11) is 0. The Kier molecular flexibility index (Phi) is 5.57. The third-order valence-electron chi connectivity index (χ3n) is 5.94. The molecule has 0 aromatic heterocycles. The minimum Gasteiger partial charge on any atom is -0.459 e. The second-order valence-corrected chi connectivity index (χ2v) is 7.98. The Morgan fingerprint density at radius 2 is 1.54 bits per heavy atom. The van der Waals surface area contributed by atoms with Crippen molar-refractivity contribution in [2.75, 3.05) is 0 Å². The maximum absolute atomic E-state index is 14.4. The summed E-state index contributed by atoms with van der Waals surface area (Å²) in [5.41, 5.74) is 1.11. The zero-order valence-corrected chi connectivity index (χ0v) is 14.9. The van der Waals surface area contributed by atoms with E-state index in [1.165, 1.54) is 12.8 Å². The third kappa shape index (κ3) is 4.17. The Bertz CT molecular complexity index is 567. The topological polar surface area (TPSA) is 26.3 Å². The average Bonchev–Trinajstić information content (AvgIpc) is 2.57. The molecule has 0 N–H and O–H groups in total. The first-order chi connectivity index (χ1) is 11.5. The van der Waals surface area contributed by atoms with Crippen LogP contribution in [0.25, 0.3) is 0 Å². The fourth-order valence-electron chi connectivity index (χ4n) is 4.11. The van der Waals surface area contributed by atoms with Crippen LogP contribution in [0, 0.1) is 17.7 Å². The lowest BCUT2D eigenvalue weighted by Gasteiger charge is -2.27. The summed E-state index contributed by atoms with van der Waals surface area (Å²) in [6.07, 6.45) is 8.55. The van der Waals surface area contributed by atoms with Crippen LogP contribution in [0.1, 0.15) is 87.1 Å². The van der Waals surface area contributed by atoms with E-state index in [1.54, 1.807) is 12.1 Å². The number of ether oxygens (including phenoxy) is 1. The molecule has 0 radical (unpaired) electrons. The van der Waals surface area contributed by atoms with Crippen LogP contribution in [0.15, 0.2) is 18.2 Å². The maximum atomic E-state index is 14.4. The molecule has 1 aromatic carbocycles. The molecule has 2 saturated carbocycles. The predicted octanol–water partition coefficient (Wildman–Crippen LogP) is 5.85. The van der Waals surface area contributed by atoms with Crippen molar-refractivity contribution in [3.8, 4) is 0 Å². The predicted molar refractivity (Wildman–Crippen MR) is 93.6 cm³/mol. The van der Waals surface area contributed by atoms with Gasteiger partial charge in [-0.25, -0.2) is 9.18 Å². The molecule has 2 nitrogen and oxygen atoms in total. The number of esters is 1. The molecule has 24 heavy (non-hydrogen) atoms. The van der Waals surface area contributed by atoms with Gasteiger partial charge in [0.1, 0.15) is 11.9 Å². The van der Waals surface area contributed by atoms with Crippen molar-refractivity contribution in [1.29, 1.82) is 0 Å². The van der Waals surface area contributed by atoms with Crippen LogP contribution in [0.4, 0.5) is 4.39 Å². The Hall–Kier alpha value is -1.38. The molecule has 0 bridgehead atoms. The number of hydrogen-bond acceptors (Lipinski definition) is 2. The van der Waals surface area contributed by atoms with Crippen molar-refractivity contribution in [2.24, 2.45) is 11.8 Å². The first-order valence-electron chi connectivity index (χ1n) is 9.53. The molecule has 0 atom stereocenters. The van der Waals surface area contributed by atoms with Crippen molar-refractivity contribution >= 4 is 5.97 Å². The van der Waals surface area contributed by atoms with Crippen LogP contribution in [-0.4, -0.2) is 12.1 Å². The van der Waals surface area contributed by atoms with Crippen LogP contribution >= 0.6 is 0 Å². The highest BCUT2D eigenvalue weighted by molar-refractivity contribution is 5.89. The molecule has 0 spiro atoms. The molecule has 0 aliphatic heterocycles. The Balaban J connectivity index is 1.62. The van der Waals surface area contributed by atoms with Crippen molar-refractivity contribution < 1.29 is 13.9 Å². The molecule has 1 aromatic rings. The van der Waals surface area contributed by atoms with E-state index in [-0.39, 0.29) is 11.7 Å². The summed E-state index contributed by atoms with van der Waals surface area (Å²) < 4.78 is 20.0. The molecule has 0 heterocycles. The lowest BCUT2D eigenvalue weighted by atomic mass is 9.79. The molecule has 0 unspecified atom stereocenters. The zero-order valence-electron chi connectivity index (χ0n) is 14.9. The summed E-state index contributed by atoms with van der Waals surface area (Å²) in [6.45, 7) is 4.50. The average molecular weight is 332 g/mol. The third-order valence-corrected chi connectivity index (χ3v) is 5.94. The Morgan fingerprint density at radius 3 is 2.12 bits per heavy atom. The van der Waals surface area contributed by atoms with Gasteiger partial charge in [-0.15, -0.1) is 0 Å². The van der Waals surface area contributed by atoms with Gasteiger partial charge in [0, 0.05) is 0 Å². The van der Waals surface area contributed by atoms with Crippen molar-refractivity contribution in [3.63, 3.8) is 0 Å². The SMILES string of the molecule is CC1CCC(OC(=O)c2ccc(C3CCC(C)CC3)cc2F)CC1. The van der Waals surface area contributed by atoms with Gasteiger partial charge >= 0.3 is 5.97 Å². The Labute approximate surface area is 144 Å². The summed E-state index contributed by atoms with van der Waals surface area (Å²) in [4.78, 5) is 12.3. The molecule has 2 aliphatic rings. The number of carbonyl (C=O) groups is 1. The molecule has 2 fully saturated rings. The van der Waals surface area contributed by atoms with E-state index in [0.29, 0.717) is 11.8 Å². The van der Waals surface area contributed by atoms with Gasteiger partial charge in [0.25, 0.3) is 0 Å². The number of halogens is 1. The summed E-state index contributed by atoms with van der Waals surface area (Å²) in [5.74, 6) is 0.976. The van der Waals surface area contributed by atoms with Crippen LogP contribution < -0.4 is 0 Å². The van der Waals surface area contributed by atoms with Crippen molar-refractivity contribution in [1.82, 2.24) is 0 Å². The van der Waals surface area contributed by atoms with Gasteiger partial charge in [-0.3, -0.25) is 0 Å². The highest BCUT2D eigenvalue weighted by atomic mass is 19.1.